The molecule has 1 aliphatic rings. The Balaban J connectivity index is 1.79. The monoisotopic (exact) mass is 281 g/mol. The van der Waals surface area contributed by atoms with Gasteiger partial charge in [0, 0.05) is 17.5 Å². The van der Waals surface area contributed by atoms with Crippen LogP contribution >= 0.6 is 11.6 Å². The van der Waals surface area contributed by atoms with Gasteiger partial charge in [-0.15, -0.1) is 0 Å². The molecule has 19 heavy (non-hydrogen) atoms. The highest BCUT2D eigenvalue weighted by molar-refractivity contribution is 6.31. The Morgan fingerprint density at radius 3 is 2.95 bits per heavy atom. The number of rotatable bonds is 6. The third kappa shape index (κ3) is 3.71. The zero-order valence-corrected chi connectivity index (χ0v) is 11.9. The lowest BCUT2D eigenvalue weighted by Crippen LogP contribution is -2.28. The minimum Gasteiger partial charge on any atom is -0.393 e. The lowest BCUT2D eigenvalue weighted by Gasteiger charge is -2.09. The van der Waals surface area contributed by atoms with E-state index in [0.717, 1.165) is 23.4 Å². The first-order chi connectivity index (χ1) is 9.13. The van der Waals surface area contributed by atoms with Gasteiger partial charge in [0.15, 0.2) is 0 Å². The maximum atomic E-state index is 11.9. The van der Waals surface area contributed by atoms with Crippen LogP contribution in [0.25, 0.3) is 0 Å². The number of carbonyl (C=O) groups is 1. The number of benzene rings is 1. The molecule has 0 aromatic heterocycles. The first-order valence-corrected chi connectivity index (χ1v) is 7.21. The van der Waals surface area contributed by atoms with Crippen LogP contribution in [0, 0.1) is 5.92 Å². The van der Waals surface area contributed by atoms with E-state index in [1.165, 1.54) is 0 Å². The van der Waals surface area contributed by atoms with Gasteiger partial charge >= 0.3 is 0 Å². The quantitative estimate of drug-likeness (QED) is 0.842. The van der Waals surface area contributed by atoms with E-state index in [9.17, 15) is 9.90 Å². The molecule has 1 saturated carbocycles. The van der Waals surface area contributed by atoms with Crippen LogP contribution in [0.15, 0.2) is 24.3 Å². The summed E-state index contributed by atoms with van der Waals surface area (Å²) in [5.74, 6) is 0.372. The van der Waals surface area contributed by atoms with Crippen LogP contribution in [0.2, 0.25) is 5.02 Å². The largest absolute Gasteiger partial charge is 0.393 e. The number of halogens is 1. The minimum atomic E-state index is -0.320. The van der Waals surface area contributed by atoms with Crippen molar-refractivity contribution in [3.8, 4) is 0 Å². The second kappa shape index (κ2) is 6.40. The summed E-state index contributed by atoms with van der Waals surface area (Å²) in [5.41, 5.74) is 1.07. The minimum absolute atomic E-state index is 0.0404. The van der Waals surface area contributed by atoms with Crippen LogP contribution in [-0.2, 0) is 4.79 Å². The topological polar surface area (TPSA) is 49.3 Å². The van der Waals surface area contributed by atoms with Gasteiger partial charge in [0.25, 0.3) is 0 Å². The fraction of sp³-hybridized carbons (Fsp3) is 0.533. The van der Waals surface area contributed by atoms with Crippen LogP contribution in [0.5, 0.6) is 0 Å². The van der Waals surface area contributed by atoms with Crippen molar-refractivity contribution in [1.29, 1.82) is 0 Å². The molecule has 2 rings (SSSR count). The molecule has 1 fully saturated rings. The number of aliphatic hydroxyl groups excluding tert-OH is 1. The molecule has 1 amide bonds. The Kier molecular flexibility index (Phi) is 4.83. The van der Waals surface area contributed by atoms with Crippen molar-refractivity contribution in [3.63, 3.8) is 0 Å². The average molecular weight is 282 g/mol. The number of aliphatic hydroxyl groups is 1. The zero-order chi connectivity index (χ0) is 13.8. The first kappa shape index (κ1) is 14.4. The van der Waals surface area contributed by atoms with E-state index in [0.29, 0.717) is 13.0 Å². The smallest absolute Gasteiger partial charge is 0.223 e. The normalized spacial score (nSPS) is 22.9. The third-order valence-electron chi connectivity index (χ3n) is 3.68. The van der Waals surface area contributed by atoms with E-state index < -0.39 is 0 Å². The van der Waals surface area contributed by atoms with Crippen molar-refractivity contribution in [2.24, 2.45) is 5.92 Å². The lowest BCUT2D eigenvalue weighted by atomic mass is 10.1. The standard InChI is InChI=1S/C15H20ClNO2/c1-2-10(18)7-8-17-15(19)13-9-12(13)11-5-3-4-6-14(11)16/h3-6,10,12-13,18H,2,7-9H2,1H3,(H,17,19). The second-order valence-electron chi connectivity index (χ2n) is 5.11. The van der Waals surface area contributed by atoms with Crippen LogP contribution in [-0.4, -0.2) is 23.7 Å². The molecule has 3 nitrogen and oxygen atoms in total. The van der Waals surface area contributed by atoms with Crippen molar-refractivity contribution >= 4 is 17.5 Å². The molecular weight excluding hydrogens is 262 g/mol. The Morgan fingerprint density at radius 2 is 2.26 bits per heavy atom. The summed E-state index contributed by atoms with van der Waals surface area (Å²) < 4.78 is 0. The molecular formula is C15H20ClNO2. The molecule has 0 radical (unpaired) electrons. The van der Waals surface area contributed by atoms with Crippen molar-refractivity contribution in [2.75, 3.05) is 6.54 Å². The Labute approximate surface area is 119 Å². The molecule has 104 valence electrons. The van der Waals surface area contributed by atoms with Gasteiger partial charge in [0.05, 0.1) is 6.10 Å². The van der Waals surface area contributed by atoms with Crippen molar-refractivity contribution < 1.29 is 9.90 Å². The third-order valence-corrected chi connectivity index (χ3v) is 4.02. The highest BCUT2D eigenvalue weighted by Crippen LogP contribution is 2.49. The Morgan fingerprint density at radius 1 is 1.53 bits per heavy atom. The molecule has 1 aromatic rings. The highest BCUT2D eigenvalue weighted by atomic mass is 35.5. The summed E-state index contributed by atoms with van der Waals surface area (Å²) in [6.45, 7) is 2.47. The molecule has 0 heterocycles. The zero-order valence-electron chi connectivity index (χ0n) is 11.1. The number of nitrogens with one attached hydrogen (secondary N) is 1. The van der Waals surface area contributed by atoms with Gasteiger partial charge in [-0.25, -0.2) is 0 Å². The van der Waals surface area contributed by atoms with E-state index in [-0.39, 0.29) is 23.8 Å². The Hall–Kier alpha value is -1.06. The number of hydrogen-bond donors (Lipinski definition) is 2. The molecule has 0 spiro atoms. The number of hydrogen-bond acceptors (Lipinski definition) is 2. The van der Waals surface area contributed by atoms with Gasteiger partial charge in [-0.1, -0.05) is 36.7 Å². The van der Waals surface area contributed by atoms with Gasteiger partial charge in [0.2, 0.25) is 5.91 Å². The second-order valence-corrected chi connectivity index (χ2v) is 5.52. The lowest BCUT2D eigenvalue weighted by molar-refractivity contribution is -0.122. The van der Waals surface area contributed by atoms with Crippen molar-refractivity contribution in [1.82, 2.24) is 5.32 Å². The molecule has 0 bridgehead atoms. The summed E-state index contributed by atoms with van der Waals surface area (Å²) >= 11 is 6.13. The number of carbonyl (C=O) groups excluding carboxylic acids is 1. The molecule has 3 unspecified atom stereocenters. The average Bonchev–Trinajstić information content (AvgIpc) is 3.19. The molecule has 0 aliphatic heterocycles. The summed E-state index contributed by atoms with van der Waals surface area (Å²) in [7, 11) is 0. The van der Waals surface area contributed by atoms with Gasteiger partial charge in [-0.2, -0.15) is 0 Å². The van der Waals surface area contributed by atoms with Crippen molar-refractivity contribution in [3.05, 3.63) is 34.9 Å². The molecule has 0 saturated heterocycles. The highest BCUT2D eigenvalue weighted by Gasteiger charge is 2.44. The van der Waals surface area contributed by atoms with Gasteiger partial charge in [0.1, 0.15) is 0 Å². The van der Waals surface area contributed by atoms with E-state index in [4.69, 9.17) is 11.6 Å². The maximum Gasteiger partial charge on any atom is 0.223 e. The number of amides is 1. The molecule has 4 heteroatoms. The van der Waals surface area contributed by atoms with Crippen LogP contribution in [0.1, 0.15) is 37.7 Å². The fourth-order valence-corrected chi connectivity index (χ4v) is 2.58. The van der Waals surface area contributed by atoms with Crippen molar-refractivity contribution in [2.45, 2.75) is 38.2 Å². The van der Waals surface area contributed by atoms with Gasteiger partial charge < -0.3 is 10.4 Å². The summed E-state index contributed by atoms with van der Waals surface area (Å²) in [4.78, 5) is 11.9. The molecule has 2 N–H and O–H groups in total. The summed E-state index contributed by atoms with van der Waals surface area (Å²) in [6.07, 6.45) is 1.89. The van der Waals surface area contributed by atoms with Crippen LogP contribution in [0.3, 0.4) is 0 Å². The first-order valence-electron chi connectivity index (χ1n) is 6.83. The predicted octanol–water partition coefficient (Wildman–Crippen LogP) is 2.72. The Bertz CT molecular complexity index is 450. The van der Waals surface area contributed by atoms with Gasteiger partial charge in [-0.05, 0) is 36.8 Å². The van der Waals surface area contributed by atoms with E-state index in [2.05, 4.69) is 5.32 Å². The van der Waals surface area contributed by atoms with Gasteiger partial charge in [-0.3, -0.25) is 4.79 Å². The molecule has 1 aliphatic carbocycles. The fourth-order valence-electron chi connectivity index (χ4n) is 2.30. The van der Waals surface area contributed by atoms with E-state index in [1.807, 2.05) is 31.2 Å². The molecule has 3 atom stereocenters. The SMILES string of the molecule is CCC(O)CCNC(=O)C1CC1c1ccccc1Cl. The van der Waals surface area contributed by atoms with E-state index >= 15 is 0 Å². The summed E-state index contributed by atoms with van der Waals surface area (Å²) in [6, 6.07) is 7.70. The summed E-state index contributed by atoms with van der Waals surface area (Å²) in [5, 5.41) is 13.0. The van der Waals surface area contributed by atoms with E-state index in [1.54, 1.807) is 0 Å². The molecule has 1 aromatic carbocycles. The van der Waals surface area contributed by atoms with Crippen LogP contribution < -0.4 is 5.32 Å². The predicted molar refractivity (Wildman–Crippen MR) is 76.2 cm³/mol. The van der Waals surface area contributed by atoms with Crippen LogP contribution in [0.4, 0.5) is 0 Å². The maximum absolute atomic E-state index is 11.9.